The second-order valence-corrected chi connectivity index (χ2v) is 9.03. The zero-order chi connectivity index (χ0) is 24.9. The highest BCUT2D eigenvalue weighted by atomic mass is 32.2. The molecular formula is C24H23FN4O4S. The Balaban J connectivity index is 1.79. The predicted molar refractivity (Wildman–Crippen MR) is 128 cm³/mol. The maximum atomic E-state index is 13.0. The van der Waals surface area contributed by atoms with Gasteiger partial charge in [0.05, 0.1) is 16.1 Å². The number of rotatable bonds is 8. The molecule has 7 N–H and O–H groups in total. The fourth-order valence-electron chi connectivity index (χ4n) is 3.25. The van der Waals surface area contributed by atoms with Crippen LogP contribution in [0.3, 0.4) is 0 Å². The van der Waals surface area contributed by atoms with Crippen molar-refractivity contribution < 1.29 is 22.4 Å². The highest BCUT2D eigenvalue weighted by Crippen LogP contribution is 2.31. The van der Waals surface area contributed by atoms with Gasteiger partial charge in [-0.3, -0.25) is 9.59 Å². The van der Waals surface area contributed by atoms with Gasteiger partial charge in [-0.05, 0) is 65.6 Å². The third kappa shape index (κ3) is 6.27. The molecule has 0 bridgehead atoms. The Morgan fingerprint density at radius 3 is 2.24 bits per heavy atom. The molecule has 0 radical (unpaired) electrons. The molecule has 176 valence electrons. The number of primary sulfonamides is 1. The lowest BCUT2D eigenvalue weighted by molar-refractivity contribution is -0.116. The molecule has 10 heteroatoms. The van der Waals surface area contributed by atoms with Crippen molar-refractivity contribution in [1.82, 2.24) is 5.32 Å². The van der Waals surface area contributed by atoms with Crippen molar-refractivity contribution in [3.8, 4) is 11.1 Å². The summed E-state index contributed by atoms with van der Waals surface area (Å²) in [7, 11) is -3.86. The number of nitrogens with two attached hydrogens (primary N) is 3. The number of nitrogen functional groups attached to an aromatic ring is 1. The normalized spacial score (nSPS) is 11.5. The number of carbonyl (C=O) groups excluding carboxylic acids is 2. The van der Waals surface area contributed by atoms with Crippen LogP contribution in [0.25, 0.3) is 17.2 Å². The predicted octanol–water partition coefficient (Wildman–Crippen LogP) is 2.19. The summed E-state index contributed by atoms with van der Waals surface area (Å²) in [4.78, 5) is 24.0. The minimum absolute atomic E-state index is 0.0596. The van der Waals surface area contributed by atoms with Gasteiger partial charge in [0.1, 0.15) is 5.82 Å². The Bertz CT molecular complexity index is 1350. The number of hydrogen-bond acceptors (Lipinski definition) is 5. The van der Waals surface area contributed by atoms with Crippen LogP contribution in [0.15, 0.2) is 71.6 Å². The molecule has 8 nitrogen and oxygen atoms in total. The smallest absolute Gasteiger partial charge is 0.250 e. The fourth-order valence-corrected chi connectivity index (χ4v) is 3.77. The van der Waals surface area contributed by atoms with Crippen molar-refractivity contribution in [2.75, 3.05) is 12.3 Å². The van der Waals surface area contributed by atoms with E-state index in [4.69, 9.17) is 16.6 Å². The Hall–Kier alpha value is -4.02. The minimum Gasteiger partial charge on any atom is -0.398 e. The summed E-state index contributed by atoms with van der Waals surface area (Å²) in [6.45, 7) is 0.352. The van der Waals surface area contributed by atoms with Gasteiger partial charge < -0.3 is 16.8 Å². The van der Waals surface area contributed by atoms with Crippen LogP contribution >= 0.6 is 0 Å². The quantitative estimate of drug-likeness (QED) is 0.286. The van der Waals surface area contributed by atoms with Crippen molar-refractivity contribution in [1.29, 1.82) is 0 Å². The molecule has 0 atom stereocenters. The summed E-state index contributed by atoms with van der Waals surface area (Å²) in [5.74, 6) is -1.44. The highest BCUT2D eigenvalue weighted by Gasteiger charge is 2.15. The summed E-state index contributed by atoms with van der Waals surface area (Å²) in [6, 6.07) is 14.8. The van der Waals surface area contributed by atoms with E-state index in [0.717, 1.165) is 5.56 Å². The van der Waals surface area contributed by atoms with Gasteiger partial charge in [0, 0.05) is 18.2 Å². The average molecular weight is 483 g/mol. The van der Waals surface area contributed by atoms with E-state index in [1.165, 1.54) is 54.6 Å². The Morgan fingerprint density at radius 2 is 1.65 bits per heavy atom. The van der Waals surface area contributed by atoms with E-state index < -0.39 is 15.9 Å². The molecule has 3 rings (SSSR count). The fraction of sp³-hybridized carbons (Fsp3) is 0.0833. The summed E-state index contributed by atoms with van der Waals surface area (Å²) in [6.07, 6.45) is 3.34. The molecule has 0 unspecified atom stereocenters. The summed E-state index contributed by atoms with van der Waals surface area (Å²) < 4.78 is 35.9. The van der Waals surface area contributed by atoms with E-state index >= 15 is 0 Å². The van der Waals surface area contributed by atoms with Crippen LogP contribution in [0, 0.1) is 5.82 Å². The van der Waals surface area contributed by atoms with Crippen LogP contribution in [0.5, 0.6) is 0 Å². The number of anilines is 1. The molecule has 0 saturated carbocycles. The first-order chi connectivity index (χ1) is 16.0. The Labute approximate surface area is 196 Å². The van der Waals surface area contributed by atoms with E-state index in [2.05, 4.69) is 5.32 Å². The molecule has 34 heavy (non-hydrogen) atoms. The van der Waals surface area contributed by atoms with E-state index in [1.54, 1.807) is 18.2 Å². The van der Waals surface area contributed by atoms with E-state index in [1.807, 2.05) is 0 Å². The molecule has 0 aliphatic heterocycles. The van der Waals surface area contributed by atoms with Crippen LogP contribution in [-0.2, 0) is 21.2 Å². The lowest BCUT2D eigenvalue weighted by atomic mass is 9.96. The van der Waals surface area contributed by atoms with E-state index in [0.29, 0.717) is 29.7 Å². The molecule has 0 spiro atoms. The van der Waals surface area contributed by atoms with Crippen molar-refractivity contribution >= 4 is 33.6 Å². The zero-order valence-corrected chi connectivity index (χ0v) is 18.8. The maximum absolute atomic E-state index is 13.0. The third-order valence-corrected chi connectivity index (χ3v) is 5.94. The molecule has 3 aromatic carbocycles. The zero-order valence-electron chi connectivity index (χ0n) is 18.0. The topological polar surface area (TPSA) is 158 Å². The summed E-state index contributed by atoms with van der Waals surface area (Å²) in [5, 5.41) is 7.86. The van der Waals surface area contributed by atoms with Gasteiger partial charge in [-0.25, -0.2) is 17.9 Å². The lowest BCUT2D eigenvalue weighted by Crippen LogP contribution is -2.23. The summed E-state index contributed by atoms with van der Waals surface area (Å²) in [5.41, 5.74) is 14.1. The van der Waals surface area contributed by atoms with Gasteiger partial charge in [0.2, 0.25) is 15.9 Å². The Morgan fingerprint density at radius 1 is 1.00 bits per heavy atom. The van der Waals surface area contributed by atoms with E-state index in [-0.39, 0.29) is 27.9 Å². The Kier molecular flexibility index (Phi) is 7.44. The number of halogens is 1. The van der Waals surface area contributed by atoms with Gasteiger partial charge in [0.25, 0.3) is 5.91 Å². The molecule has 0 aliphatic carbocycles. The first-order valence-corrected chi connectivity index (χ1v) is 11.7. The van der Waals surface area contributed by atoms with Crippen molar-refractivity contribution in [3.05, 3.63) is 89.2 Å². The lowest BCUT2D eigenvalue weighted by Gasteiger charge is -2.12. The number of carbonyl (C=O) groups is 2. The van der Waals surface area contributed by atoms with Gasteiger partial charge >= 0.3 is 0 Å². The molecule has 0 aliphatic rings. The molecule has 0 heterocycles. The standard InChI is InChI=1S/C24H23FN4O4S/c25-18-6-1-15(2-7-18)11-12-29-22(30)10-3-16-13-20(23(26)21(14-16)24(27)31)17-4-8-19(9-5-17)34(28,32)33/h1-10,13-14H,11-12,26H2,(H2,27,31)(H,29,30)(H2,28,32,33)/b10-3+. The van der Waals surface area contributed by atoms with Crippen molar-refractivity contribution in [2.45, 2.75) is 11.3 Å². The summed E-state index contributed by atoms with van der Waals surface area (Å²) >= 11 is 0. The SMILES string of the molecule is NC(=O)c1cc(/C=C/C(=O)NCCc2ccc(F)cc2)cc(-c2ccc(S(N)(=O)=O)cc2)c1N. The van der Waals surface area contributed by atoms with E-state index in [9.17, 15) is 22.4 Å². The molecular weight excluding hydrogens is 459 g/mol. The molecule has 0 fully saturated rings. The largest absolute Gasteiger partial charge is 0.398 e. The second-order valence-electron chi connectivity index (χ2n) is 7.46. The van der Waals surface area contributed by atoms with Gasteiger partial charge in [0.15, 0.2) is 0 Å². The average Bonchev–Trinajstić information content (AvgIpc) is 2.79. The van der Waals surface area contributed by atoms with Crippen LogP contribution in [0.2, 0.25) is 0 Å². The first kappa shape index (κ1) is 24.6. The van der Waals surface area contributed by atoms with Crippen LogP contribution in [0.1, 0.15) is 21.5 Å². The number of primary amides is 1. The van der Waals surface area contributed by atoms with Crippen LogP contribution < -0.4 is 21.9 Å². The van der Waals surface area contributed by atoms with Crippen molar-refractivity contribution in [3.63, 3.8) is 0 Å². The highest BCUT2D eigenvalue weighted by molar-refractivity contribution is 7.89. The first-order valence-electron chi connectivity index (χ1n) is 10.1. The molecule has 2 amide bonds. The number of nitrogens with one attached hydrogen (secondary N) is 1. The van der Waals surface area contributed by atoms with Crippen molar-refractivity contribution in [2.24, 2.45) is 10.9 Å². The number of amides is 2. The number of benzene rings is 3. The van der Waals surface area contributed by atoms with Crippen LogP contribution in [0.4, 0.5) is 10.1 Å². The molecule has 0 saturated heterocycles. The second kappa shape index (κ2) is 10.3. The van der Waals surface area contributed by atoms with Gasteiger partial charge in [-0.15, -0.1) is 0 Å². The number of hydrogen-bond donors (Lipinski definition) is 4. The monoisotopic (exact) mass is 482 g/mol. The minimum atomic E-state index is -3.86. The maximum Gasteiger partial charge on any atom is 0.250 e. The van der Waals surface area contributed by atoms with Gasteiger partial charge in [-0.1, -0.05) is 24.3 Å². The third-order valence-electron chi connectivity index (χ3n) is 5.01. The molecule has 3 aromatic rings. The van der Waals surface area contributed by atoms with Gasteiger partial charge in [-0.2, -0.15) is 0 Å². The van der Waals surface area contributed by atoms with Crippen LogP contribution in [-0.4, -0.2) is 26.8 Å². The number of sulfonamides is 1. The molecule has 0 aromatic heterocycles.